The summed E-state index contributed by atoms with van der Waals surface area (Å²) in [5.74, 6) is 0.0428. The summed E-state index contributed by atoms with van der Waals surface area (Å²) >= 11 is 0. The number of fused-ring (bicyclic) bond motifs is 1. The molecule has 0 aliphatic carbocycles. The molecule has 3 aromatic rings. The molecular weight excluding hydrogens is 272 g/mol. The van der Waals surface area contributed by atoms with Gasteiger partial charge in [0.25, 0.3) is 0 Å². The van der Waals surface area contributed by atoms with Gasteiger partial charge in [0.2, 0.25) is 0 Å². The van der Waals surface area contributed by atoms with Crippen LogP contribution in [0.1, 0.15) is 16.2 Å². The Kier molecular flexibility index (Phi) is 3.42. The number of hydrogen-bond donors (Lipinski definition) is 1. The lowest BCUT2D eigenvalue weighted by atomic mass is 10.3. The highest BCUT2D eigenvalue weighted by Gasteiger charge is 2.07. The van der Waals surface area contributed by atoms with Crippen molar-refractivity contribution in [3.05, 3.63) is 48.3 Å². The third-order valence-electron chi connectivity index (χ3n) is 2.88. The molecule has 0 saturated carbocycles. The summed E-state index contributed by atoms with van der Waals surface area (Å²) in [4.78, 5) is 23.5. The minimum Gasteiger partial charge on any atom is -0.464 e. The fourth-order valence-electron chi connectivity index (χ4n) is 1.85. The van der Waals surface area contributed by atoms with Gasteiger partial charge in [0, 0.05) is 0 Å². The Morgan fingerprint density at radius 1 is 1.29 bits per heavy atom. The van der Waals surface area contributed by atoms with Crippen LogP contribution in [0, 0.1) is 0 Å². The molecule has 0 saturated heterocycles. The molecule has 0 unspecified atom stereocenters. The van der Waals surface area contributed by atoms with Crippen LogP contribution in [0.25, 0.3) is 5.65 Å². The van der Waals surface area contributed by atoms with Gasteiger partial charge in [-0.1, -0.05) is 6.07 Å². The molecule has 8 nitrogen and oxygen atoms in total. The van der Waals surface area contributed by atoms with Crippen molar-refractivity contribution in [2.45, 2.75) is 6.54 Å². The lowest BCUT2D eigenvalue weighted by Gasteiger charge is -2.07. The number of hydrogen-bond acceptors (Lipinski definition) is 7. The Labute approximate surface area is 119 Å². The van der Waals surface area contributed by atoms with Crippen LogP contribution in [-0.4, -0.2) is 37.6 Å². The molecule has 1 N–H and O–H groups in total. The van der Waals surface area contributed by atoms with Crippen molar-refractivity contribution in [2.24, 2.45) is 0 Å². The summed E-state index contributed by atoms with van der Waals surface area (Å²) in [6.07, 6.45) is 4.35. The van der Waals surface area contributed by atoms with Gasteiger partial charge in [-0.3, -0.25) is 0 Å². The summed E-state index contributed by atoms with van der Waals surface area (Å²) in [5.41, 5.74) is 1.88. The second-order valence-electron chi connectivity index (χ2n) is 4.18. The van der Waals surface area contributed by atoms with E-state index in [4.69, 9.17) is 0 Å². The van der Waals surface area contributed by atoms with E-state index in [1.807, 2.05) is 18.2 Å². The lowest BCUT2D eigenvalue weighted by molar-refractivity contribution is 0.0593. The zero-order valence-electron chi connectivity index (χ0n) is 11.2. The number of methoxy groups -OCH3 is 1. The molecule has 0 amide bonds. The normalized spacial score (nSPS) is 10.5. The van der Waals surface area contributed by atoms with E-state index < -0.39 is 5.97 Å². The highest BCUT2D eigenvalue weighted by atomic mass is 16.5. The van der Waals surface area contributed by atoms with Gasteiger partial charge < -0.3 is 10.1 Å². The Morgan fingerprint density at radius 2 is 2.19 bits per heavy atom. The molecule has 3 aromatic heterocycles. The first kappa shape index (κ1) is 13.0. The van der Waals surface area contributed by atoms with Crippen molar-refractivity contribution in [1.29, 1.82) is 0 Å². The molecule has 0 bridgehead atoms. The molecule has 3 rings (SSSR count). The number of carbonyl (C=O) groups is 1. The summed E-state index contributed by atoms with van der Waals surface area (Å²) in [7, 11) is 1.30. The lowest BCUT2D eigenvalue weighted by Crippen LogP contribution is -2.09. The second-order valence-corrected chi connectivity index (χ2v) is 4.18. The average molecular weight is 284 g/mol. The number of rotatable bonds is 4. The Bertz CT molecular complexity index is 768. The van der Waals surface area contributed by atoms with Crippen LogP contribution in [0.3, 0.4) is 0 Å². The van der Waals surface area contributed by atoms with Gasteiger partial charge in [-0.15, -0.1) is 0 Å². The standard InChI is InChI=1S/C13H12N6O2/c1-21-13(20)10-6-16-11(7-14-10)15-5-9-3-2-4-12-17-8-18-19(9)12/h2-4,6-8H,5H2,1H3,(H,15,16). The molecule has 0 spiro atoms. The molecule has 0 fully saturated rings. The molecule has 0 atom stereocenters. The maximum Gasteiger partial charge on any atom is 0.358 e. The van der Waals surface area contributed by atoms with Crippen molar-refractivity contribution < 1.29 is 9.53 Å². The number of nitrogens with zero attached hydrogens (tertiary/aromatic N) is 5. The number of aromatic nitrogens is 5. The summed E-state index contributed by atoms with van der Waals surface area (Å²) in [6, 6.07) is 5.72. The number of pyridine rings is 1. The van der Waals surface area contributed by atoms with Crippen molar-refractivity contribution in [3.63, 3.8) is 0 Å². The van der Waals surface area contributed by atoms with Crippen molar-refractivity contribution in [1.82, 2.24) is 24.6 Å². The fourth-order valence-corrected chi connectivity index (χ4v) is 1.85. The van der Waals surface area contributed by atoms with E-state index >= 15 is 0 Å². The molecule has 0 aliphatic rings. The van der Waals surface area contributed by atoms with Crippen LogP contribution in [0.5, 0.6) is 0 Å². The van der Waals surface area contributed by atoms with Gasteiger partial charge >= 0.3 is 5.97 Å². The minimum absolute atomic E-state index is 0.168. The van der Waals surface area contributed by atoms with E-state index in [-0.39, 0.29) is 5.69 Å². The number of esters is 1. The summed E-state index contributed by atoms with van der Waals surface area (Å²) in [6.45, 7) is 0.507. The van der Waals surface area contributed by atoms with E-state index in [1.54, 1.807) is 4.52 Å². The van der Waals surface area contributed by atoms with Crippen molar-refractivity contribution >= 4 is 17.4 Å². The van der Waals surface area contributed by atoms with Crippen LogP contribution in [0.2, 0.25) is 0 Å². The van der Waals surface area contributed by atoms with E-state index in [9.17, 15) is 4.79 Å². The van der Waals surface area contributed by atoms with Crippen LogP contribution in [-0.2, 0) is 11.3 Å². The Balaban J connectivity index is 1.73. The first-order valence-electron chi connectivity index (χ1n) is 6.20. The number of anilines is 1. The Morgan fingerprint density at radius 3 is 2.95 bits per heavy atom. The molecular formula is C13H12N6O2. The number of nitrogens with one attached hydrogen (secondary N) is 1. The summed E-state index contributed by atoms with van der Waals surface area (Å²) in [5, 5.41) is 7.26. The predicted molar refractivity (Wildman–Crippen MR) is 73.7 cm³/mol. The maximum atomic E-state index is 11.3. The average Bonchev–Trinajstić information content (AvgIpc) is 3.02. The monoisotopic (exact) mass is 284 g/mol. The smallest absolute Gasteiger partial charge is 0.358 e. The van der Waals surface area contributed by atoms with E-state index in [1.165, 1.54) is 25.8 Å². The summed E-state index contributed by atoms with van der Waals surface area (Å²) < 4.78 is 6.30. The van der Waals surface area contributed by atoms with Crippen LogP contribution < -0.4 is 5.32 Å². The maximum absolute atomic E-state index is 11.3. The molecule has 0 aliphatic heterocycles. The fraction of sp³-hybridized carbons (Fsp3) is 0.154. The van der Waals surface area contributed by atoms with Gasteiger partial charge in [0.15, 0.2) is 11.3 Å². The van der Waals surface area contributed by atoms with Crippen LogP contribution in [0.4, 0.5) is 5.82 Å². The molecule has 3 heterocycles. The van der Waals surface area contributed by atoms with Gasteiger partial charge in [0.05, 0.1) is 31.7 Å². The highest BCUT2D eigenvalue weighted by Crippen LogP contribution is 2.07. The number of ether oxygens (including phenoxy) is 1. The Hall–Kier alpha value is -3.03. The minimum atomic E-state index is -0.513. The van der Waals surface area contributed by atoms with E-state index in [0.717, 1.165) is 11.3 Å². The molecule has 0 radical (unpaired) electrons. The van der Waals surface area contributed by atoms with Gasteiger partial charge in [-0.05, 0) is 12.1 Å². The molecule has 0 aromatic carbocycles. The molecule has 106 valence electrons. The quantitative estimate of drug-likeness (QED) is 0.712. The zero-order chi connectivity index (χ0) is 14.7. The van der Waals surface area contributed by atoms with E-state index in [0.29, 0.717) is 12.4 Å². The van der Waals surface area contributed by atoms with Crippen LogP contribution >= 0.6 is 0 Å². The van der Waals surface area contributed by atoms with E-state index in [2.05, 4.69) is 30.1 Å². The first-order valence-corrected chi connectivity index (χ1v) is 6.20. The second kappa shape index (κ2) is 5.53. The molecule has 8 heteroatoms. The molecule has 21 heavy (non-hydrogen) atoms. The predicted octanol–water partition coefficient (Wildman–Crippen LogP) is 0.918. The third-order valence-corrected chi connectivity index (χ3v) is 2.88. The SMILES string of the molecule is COC(=O)c1cnc(NCc2cccc3ncnn23)cn1. The number of carbonyl (C=O) groups excluding carboxylic acids is 1. The van der Waals surface area contributed by atoms with Crippen LogP contribution in [0.15, 0.2) is 36.9 Å². The van der Waals surface area contributed by atoms with Crippen molar-refractivity contribution in [3.8, 4) is 0 Å². The van der Waals surface area contributed by atoms with Gasteiger partial charge in [-0.25, -0.2) is 24.3 Å². The highest BCUT2D eigenvalue weighted by molar-refractivity contribution is 5.86. The topological polar surface area (TPSA) is 94.3 Å². The van der Waals surface area contributed by atoms with Gasteiger partial charge in [0.1, 0.15) is 12.1 Å². The van der Waals surface area contributed by atoms with Crippen molar-refractivity contribution in [2.75, 3.05) is 12.4 Å². The van der Waals surface area contributed by atoms with Gasteiger partial charge in [-0.2, -0.15) is 5.10 Å². The first-order chi connectivity index (χ1) is 10.3. The third kappa shape index (κ3) is 2.64. The largest absolute Gasteiger partial charge is 0.464 e. The zero-order valence-corrected chi connectivity index (χ0v) is 11.2.